The molecule has 3 rings (SSSR count). The monoisotopic (exact) mass is 356 g/mol. The van der Waals surface area contributed by atoms with E-state index in [0.717, 1.165) is 5.69 Å². The van der Waals surface area contributed by atoms with Gasteiger partial charge in [-0.3, -0.25) is 9.78 Å². The van der Waals surface area contributed by atoms with Gasteiger partial charge >= 0.3 is 0 Å². The Morgan fingerprint density at radius 1 is 1.16 bits per heavy atom. The van der Waals surface area contributed by atoms with Crippen LogP contribution in [0, 0.1) is 0 Å². The van der Waals surface area contributed by atoms with Crippen molar-refractivity contribution in [2.24, 2.45) is 0 Å². The number of phenolic OH excluding ortho intramolecular Hbond substituents is 2. The molecule has 1 aromatic carbocycles. The average molecular weight is 356 g/mol. The molecule has 0 spiro atoms. The summed E-state index contributed by atoms with van der Waals surface area (Å²) in [5.74, 6) is 0.0514. The molecule has 7 nitrogen and oxygen atoms in total. The minimum absolute atomic E-state index is 0.143. The van der Waals surface area contributed by atoms with Gasteiger partial charge in [-0.1, -0.05) is 17.8 Å². The summed E-state index contributed by atoms with van der Waals surface area (Å²) in [5.41, 5.74) is 1.05. The molecule has 25 heavy (non-hydrogen) atoms. The second-order valence-electron chi connectivity index (χ2n) is 5.18. The van der Waals surface area contributed by atoms with Crippen molar-refractivity contribution >= 4 is 17.5 Å². The third kappa shape index (κ3) is 3.63. The highest BCUT2D eigenvalue weighted by Crippen LogP contribution is 2.27. The van der Waals surface area contributed by atoms with Gasteiger partial charge in [0.2, 0.25) is 0 Å². The third-order valence-corrected chi connectivity index (χ3v) is 4.52. The van der Waals surface area contributed by atoms with E-state index in [9.17, 15) is 15.0 Å². The summed E-state index contributed by atoms with van der Waals surface area (Å²) in [6, 6.07) is 9.59. The summed E-state index contributed by atoms with van der Waals surface area (Å²) in [6.45, 7) is 2.62. The number of hydrogen-bond donors (Lipinski definition) is 2. The number of benzene rings is 1. The van der Waals surface area contributed by atoms with E-state index in [0.29, 0.717) is 23.1 Å². The van der Waals surface area contributed by atoms with Gasteiger partial charge in [-0.05, 0) is 37.3 Å². The lowest BCUT2D eigenvalue weighted by Crippen LogP contribution is -2.05. The van der Waals surface area contributed by atoms with E-state index in [-0.39, 0.29) is 23.0 Å². The van der Waals surface area contributed by atoms with Crippen molar-refractivity contribution in [3.63, 3.8) is 0 Å². The molecule has 2 heterocycles. The van der Waals surface area contributed by atoms with Crippen LogP contribution in [-0.2, 0) is 6.54 Å². The number of nitrogens with zero attached hydrogens (tertiary/aromatic N) is 4. The Morgan fingerprint density at radius 3 is 2.68 bits per heavy atom. The molecule has 0 saturated heterocycles. The molecule has 2 aromatic heterocycles. The van der Waals surface area contributed by atoms with Crippen LogP contribution in [0.4, 0.5) is 0 Å². The second kappa shape index (κ2) is 7.35. The SMILES string of the molecule is CCn1c(SCC(=O)c2ccc(O)c(O)c2)nnc1-c1ccccn1. The fraction of sp³-hybridized carbons (Fsp3) is 0.176. The summed E-state index contributed by atoms with van der Waals surface area (Å²) >= 11 is 1.27. The molecule has 0 atom stereocenters. The fourth-order valence-corrected chi connectivity index (χ4v) is 3.17. The summed E-state index contributed by atoms with van der Waals surface area (Å²) in [4.78, 5) is 16.6. The maximum absolute atomic E-state index is 12.3. The van der Waals surface area contributed by atoms with Crippen molar-refractivity contribution in [1.82, 2.24) is 19.7 Å². The molecule has 0 saturated carbocycles. The van der Waals surface area contributed by atoms with E-state index in [2.05, 4.69) is 15.2 Å². The van der Waals surface area contributed by atoms with Crippen LogP contribution in [0.3, 0.4) is 0 Å². The summed E-state index contributed by atoms with van der Waals surface area (Å²) < 4.78 is 1.90. The number of phenols is 2. The van der Waals surface area contributed by atoms with Crippen LogP contribution in [0.1, 0.15) is 17.3 Å². The molecule has 0 fully saturated rings. The largest absolute Gasteiger partial charge is 0.504 e. The van der Waals surface area contributed by atoms with E-state index < -0.39 is 0 Å². The van der Waals surface area contributed by atoms with E-state index in [1.165, 1.54) is 30.0 Å². The molecular formula is C17H16N4O3S. The molecule has 0 radical (unpaired) electrons. The van der Waals surface area contributed by atoms with Gasteiger partial charge < -0.3 is 14.8 Å². The Labute approximate surface area is 148 Å². The number of aromatic nitrogens is 4. The highest BCUT2D eigenvalue weighted by molar-refractivity contribution is 7.99. The summed E-state index contributed by atoms with van der Waals surface area (Å²) in [6.07, 6.45) is 1.69. The lowest BCUT2D eigenvalue weighted by atomic mass is 10.1. The van der Waals surface area contributed by atoms with Crippen LogP contribution < -0.4 is 0 Å². The first-order valence-electron chi connectivity index (χ1n) is 7.62. The van der Waals surface area contributed by atoms with Crippen molar-refractivity contribution in [3.05, 3.63) is 48.2 Å². The zero-order valence-corrected chi connectivity index (χ0v) is 14.3. The number of ketones is 1. The van der Waals surface area contributed by atoms with Crippen molar-refractivity contribution in [2.75, 3.05) is 5.75 Å². The lowest BCUT2D eigenvalue weighted by molar-refractivity contribution is 0.102. The van der Waals surface area contributed by atoms with Gasteiger partial charge in [0, 0.05) is 18.3 Å². The zero-order valence-electron chi connectivity index (χ0n) is 13.5. The van der Waals surface area contributed by atoms with Gasteiger partial charge in [0.1, 0.15) is 5.69 Å². The number of carbonyl (C=O) groups excluding carboxylic acids is 1. The van der Waals surface area contributed by atoms with Gasteiger partial charge in [-0.25, -0.2) is 0 Å². The molecule has 8 heteroatoms. The molecule has 0 bridgehead atoms. The van der Waals surface area contributed by atoms with Crippen molar-refractivity contribution in [2.45, 2.75) is 18.6 Å². The molecule has 3 aromatic rings. The third-order valence-electron chi connectivity index (χ3n) is 3.56. The molecular weight excluding hydrogens is 340 g/mol. The molecule has 0 aliphatic heterocycles. The number of carbonyl (C=O) groups is 1. The van der Waals surface area contributed by atoms with E-state index in [1.807, 2.05) is 29.7 Å². The highest BCUT2D eigenvalue weighted by atomic mass is 32.2. The first-order chi connectivity index (χ1) is 12.1. The maximum Gasteiger partial charge on any atom is 0.191 e. The normalized spacial score (nSPS) is 10.8. The van der Waals surface area contributed by atoms with E-state index in [4.69, 9.17) is 0 Å². The number of rotatable bonds is 6. The number of Topliss-reactive ketones (excluding diaryl/α,β-unsaturated/α-hetero) is 1. The van der Waals surface area contributed by atoms with Crippen LogP contribution in [0.25, 0.3) is 11.5 Å². The lowest BCUT2D eigenvalue weighted by Gasteiger charge is -2.07. The van der Waals surface area contributed by atoms with Crippen molar-refractivity contribution in [1.29, 1.82) is 0 Å². The van der Waals surface area contributed by atoms with Crippen LogP contribution in [0.15, 0.2) is 47.8 Å². The molecule has 2 N–H and O–H groups in total. The predicted molar refractivity (Wildman–Crippen MR) is 93.8 cm³/mol. The maximum atomic E-state index is 12.3. The topological polar surface area (TPSA) is 101 Å². The predicted octanol–water partition coefficient (Wildman–Crippen LogP) is 2.75. The second-order valence-corrected chi connectivity index (χ2v) is 6.12. The average Bonchev–Trinajstić information content (AvgIpc) is 3.05. The molecule has 0 unspecified atom stereocenters. The highest BCUT2D eigenvalue weighted by Gasteiger charge is 2.16. The molecule has 0 amide bonds. The number of thioether (sulfide) groups is 1. The van der Waals surface area contributed by atoms with Crippen LogP contribution in [0.2, 0.25) is 0 Å². The smallest absolute Gasteiger partial charge is 0.191 e. The van der Waals surface area contributed by atoms with Gasteiger partial charge in [0.25, 0.3) is 0 Å². The molecule has 0 aliphatic carbocycles. The molecule has 128 valence electrons. The van der Waals surface area contributed by atoms with E-state index in [1.54, 1.807) is 6.20 Å². The first kappa shape index (κ1) is 17.0. The quantitative estimate of drug-likeness (QED) is 0.398. The Morgan fingerprint density at radius 2 is 2.00 bits per heavy atom. The Balaban J connectivity index is 1.76. The minimum atomic E-state index is -0.315. The minimum Gasteiger partial charge on any atom is -0.504 e. The van der Waals surface area contributed by atoms with Crippen LogP contribution in [0.5, 0.6) is 11.5 Å². The number of hydrogen-bond acceptors (Lipinski definition) is 7. The first-order valence-corrected chi connectivity index (χ1v) is 8.61. The number of pyridine rings is 1. The van der Waals surface area contributed by atoms with Crippen molar-refractivity contribution in [3.8, 4) is 23.0 Å². The Bertz CT molecular complexity index is 896. The Hall–Kier alpha value is -2.87. The van der Waals surface area contributed by atoms with Gasteiger partial charge in [0.15, 0.2) is 28.3 Å². The van der Waals surface area contributed by atoms with Gasteiger partial charge in [0.05, 0.1) is 5.75 Å². The Kier molecular flexibility index (Phi) is 4.99. The zero-order chi connectivity index (χ0) is 17.8. The van der Waals surface area contributed by atoms with Gasteiger partial charge in [-0.2, -0.15) is 0 Å². The summed E-state index contributed by atoms with van der Waals surface area (Å²) in [7, 11) is 0. The fourth-order valence-electron chi connectivity index (χ4n) is 2.28. The van der Waals surface area contributed by atoms with Crippen LogP contribution in [-0.4, -0.2) is 41.5 Å². The van der Waals surface area contributed by atoms with Crippen LogP contribution >= 0.6 is 11.8 Å². The van der Waals surface area contributed by atoms with Crippen molar-refractivity contribution < 1.29 is 15.0 Å². The van der Waals surface area contributed by atoms with Gasteiger partial charge in [-0.15, -0.1) is 10.2 Å². The molecule has 0 aliphatic rings. The number of aromatic hydroxyl groups is 2. The standard InChI is InChI=1S/C17H16N4O3S/c1-2-21-16(12-5-3-4-8-18-12)19-20-17(21)25-10-15(24)11-6-7-13(22)14(23)9-11/h3-9,22-23H,2,10H2,1H3. The summed E-state index contributed by atoms with van der Waals surface area (Å²) in [5, 5.41) is 27.8. The van der Waals surface area contributed by atoms with E-state index >= 15 is 0 Å².